The lowest BCUT2D eigenvalue weighted by molar-refractivity contribution is -0.128. The molecule has 0 aliphatic heterocycles. The van der Waals surface area contributed by atoms with Crippen LogP contribution in [0.1, 0.15) is 18.9 Å². The lowest BCUT2D eigenvalue weighted by atomic mass is 10.2. The van der Waals surface area contributed by atoms with Crippen molar-refractivity contribution >= 4 is 23.7 Å². The first-order valence-corrected chi connectivity index (χ1v) is 7.51. The molecular formula is C17H17ClN2O3. The molecular weight excluding hydrogens is 316 g/mol. The molecule has 0 aliphatic carbocycles. The van der Waals surface area contributed by atoms with Gasteiger partial charge in [0.15, 0.2) is 6.10 Å². The van der Waals surface area contributed by atoms with E-state index < -0.39 is 6.10 Å². The minimum absolute atomic E-state index is 0.0926. The highest BCUT2D eigenvalue weighted by Gasteiger charge is 2.17. The number of hydrazone groups is 1. The second-order valence-corrected chi connectivity index (χ2v) is 5.20. The van der Waals surface area contributed by atoms with E-state index in [1.807, 2.05) is 6.92 Å². The van der Waals surface area contributed by atoms with Gasteiger partial charge in [-0.25, -0.2) is 5.43 Å². The van der Waals surface area contributed by atoms with E-state index in [0.717, 1.165) is 0 Å². The average molecular weight is 333 g/mol. The van der Waals surface area contributed by atoms with Crippen molar-refractivity contribution < 1.29 is 14.6 Å². The van der Waals surface area contributed by atoms with Gasteiger partial charge in [-0.3, -0.25) is 4.79 Å². The summed E-state index contributed by atoms with van der Waals surface area (Å²) in [5.41, 5.74) is 2.92. The Hall–Kier alpha value is -2.53. The summed E-state index contributed by atoms with van der Waals surface area (Å²) in [6.45, 7) is 1.84. The van der Waals surface area contributed by atoms with Crippen molar-refractivity contribution in [2.75, 3.05) is 0 Å². The monoisotopic (exact) mass is 332 g/mol. The average Bonchev–Trinajstić information content (AvgIpc) is 2.56. The normalized spacial score (nSPS) is 12.1. The highest BCUT2D eigenvalue weighted by atomic mass is 35.5. The zero-order chi connectivity index (χ0) is 16.7. The van der Waals surface area contributed by atoms with Gasteiger partial charge in [0, 0.05) is 10.6 Å². The zero-order valence-electron chi connectivity index (χ0n) is 12.6. The second-order valence-electron chi connectivity index (χ2n) is 4.76. The van der Waals surface area contributed by atoms with E-state index in [4.69, 9.17) is 16.3 Å². The molecule has 0 saturated carbocycles. The lowest BCUT2D eigenvalue weighted by Gasteiger charge is -2.15. The predicted octanol–water partition coefficient (Wildman–Crippen LogP) is 3.35. The third-order valence-corrected chi connectivity index (χ3v) is 3.32. The molecule has 6 heteroatoms. The van der Waals surface area contributed by atoms with Crippen LogP contribution in [0.2, 0.25) is 5.02 Å². The Labute approximate surface area is 139 Å². The molecule has 0 aliphatic rings. The van der Waals surface area contributed by atoms with E-state index in [2.05, 4.69) is 10.5 Å². The Morgan fingerprint density at radius 2 is 2.00 bits per heavy atom. The maximum Gasteiger partial charge on any atom is 0.281 e. The molecule has 2 rings (SSSR count). The number of aromatic hydroxyl groups is 1. The van der Waals surface area contributed by atoms with Gasteiger partial charge >= 0.3 is 0 Å². The molecule has 1 unspecified atom stereocenters. The van der Waals surface area contributed by atoms with E-state index in [1.165, 1.54) is 6.21 Å². The second kappa shape index (κ2) is 8.19. The third kappa shape index (κ3) is 5.00. The molecule has 23 heavy (non-hydrogen) atoms. The number of rotatable bonds is 6. The highest BCUT2D eigenvalue weighted by Crippen LogP contribution is 2.17. The smallest absolute Gasteiger partial charge is 0.281 e. The van der Waals surface area contributed by atoms with E-state index in [9.17, 15) is 9.90 Å². The van der Waals surface area contributed by atoms with Crippen LogP contribution in [-0.4, -0.2) is 23.3 Å². The summed E-state index contributed by atoms with van der Waals surface area (Å²) < 4.78 is 5.61. The molecule has 2 N–H and O–H groups in total. The number of nitrogens with zero attached hydrogens (tertiary/aromatic N) is 1. The number of halogens is 1. The molecule has 0 fully saturated rings. The van der Waals surface area contributed by atoms with Crippen LogP contribution in [0, 0.1) is 0 Å². The molecule has 120 valence electrons. The first-order valence-electron chi connectivity index (χ1n) is 7.13. The van der Waals surface area contributed by atoms with Gasteiger partial charge in [0.25, 0.3) is 5.91 Å². The summed E-state index contributed by atoms with van der Waals surface area (Å²) in [6.07, 6.45) is 1.20. The zero-order valence-corrected chi connectivity index (χ0v) is 13.3. The van der Waals surface area contributed by atoms with Gasteiger partial charge in [-0.1, -0.05) is 30.7 Å². The van der Waals surface area contributed by atoms with Gasteiger partial charge in [-0.15, -0.1) is 0 Å². The number of ether oxygens (including phenoxy) is 1. The number of amides is 1. The van der Waals surface area contributed by atoms with Crippen LogP contribution in [0.3, 0.4) is 0 Å². The van der Waals surface area contributed by atoms with E-state index in [0.29, 0.717) is 22.8 Å². The summed E-state index contributed by atoms with van der Waals surface area (Å²) >= 11 is 5.81. The Morgan fingerprint density at radius 3 is 2.65 bits per heavy atom. The van der Waals surface area contributed by atoms with Gasteiger partial charge in [-0.05, 0) is 42.8 Å². The number of phenolic OH excluding ortho intramolecular Hbond substituents is 1. The van der Waals surface area contributed by atoms with Gasteiger partial charge in [0.05, 0.1) is 6.21 Å². The van der Waals surface area contributed by atoms with Gasteiger partial charge in [0.1, 0.15) is 11.5 Å². The van der Waals surface area contributed by atoms with Crippen LogP contribution >= 0.6 is 11.6 Å². The summed E-state index contributed by atoms with van der Waals surface area (Å²) in [7, 11) is 0. The number of hydrogen-bond acceptors (Lipinski definition) is 4. The largest absolute Gasteiger partial charge is 0.507 e. The number of carbonyl (C=O) groups excluding carboxylic acids is 1. The summed E-state index contributed by atoms with van der Waals surface area (Å²) in [5.74, 6) is 0.283. The van der Waals surface area contributed by atoms with Crippen molar-refractivity contribution in [3.63, 3.8) is 0 Å². The van der Waals surface area contributed by atoms with Crippen LogP contribution in [0.25, 0.3) is 0 Å². The maximum atomic E-state index is 12.1. The third-order valence-electron chi connectivity index (χ3n) is 3.07. The lowest BCUT2D eigenvalue weighted by Crippen LogP contribution is -2.35. The van der Waals surface area contributed by atoms with E-state index in [-0.39, 0.29) is 11.7 Å². The molecule has 0 saturated heterocycles. The number of para-hydroxylation sites is 1. The highest BCUT2D eigenvalue weighted by molar-refractivity contribution is 6.30. The van der Waals surface area contributed by atoms with Gasteiger partial charge in [-0.2, -0.15) is 5.10 Å². The molecule has 0 radical (unpaired) electrons. The van der Waals surface area contributed by atoms with Crippen molar-refractivity contribution in [2.45, 2.75) is 19.4 Å². The van der Waals surface area contributed by atoms with Crippen molar-refractivity contribution in [2.24, 2.45) is 5.10 Å². The Bertz CT molecular complexity index is 686. The predicted molar refractivity (Wildman–Crippen MR) is 90.0 cm³/mol. The summed E-state index contributed by atoms with van der Waals surface area (Å²) in [6, 6.07) is 13.5. The Morgan fingerprint density at radius 1 is 1.30 bits per heavy atom. The topological polar surface area (TPSA) is 70.9 Å². The number of carbonyl (C=O) groups is 1. The van der Waals surface area contributed by atoms with E-state index in [1.54, 1.807) is 48.5 Å². The molecule has 1 amide bonds. The van der Waals surface area contributed by atoms with Crippen LogP contribution in [0.5, 0.6) is 11.5 Å². The molecule has 2 aromatic carbocycles. The summed E-state index contributed by atoms with van der Waals surface area (Å²) in [5, 5.41) is 14.0. The fourth-order valence-corrected chi connectivity index (χ4v) is 1.96. The molecule has 0 heterocycles. The molecule has 0 aromatic heterocycles. The molecule has 5 nitrogen and oxygen atoms in total. The van der Waals surface area contributed by atoms with Gasteiger partial charge < -0.3 is 9.84 Å². The van der Waals surface area contributed by atoms with E-state index >= 15 is 0 Å². The summed E-state index contributed by atoms with van der Waals surface area (Å²) in [4.78, 5) is 12.1. The molecule has 0 bridgehead atoms. The number of phenols is 1. The van der Waals surface area contributed by atoms with Gasteiger partial charge in [0.2, 0.25) is 0 Å². The van der Waals surface area contributed by atoms with Crippen molar-refractivity contribution in [3.05, 3.63) is 59.1 Å². The fraction of sp³-hybridized carbons (Fsp3) is 0.176. The SMILES string of the molecule is CCC(Oc1ccc(Cl)cc1)C(=O)NN=Cc1ccccc1O. The number of hydrogen-bond donors (Lipinski definition) is 2. The fourth-order valence-electron chi connectivity index (χ4n) is 1.83. The standard InChI is InChI=1S/C17H17ClN2O3/c1-2-16(23-14-9-7-13(18)8-10-14)17(22)20-19-11-12-5-3-4-6-15(12)21/h3-11,16,21H,2H2,1H3,(H,20,22). The first-order chi connectivity index (χ1) is 11.1. The molecule has 0 spiro atoms. The number of nitrogens with one attached hydrogen (secondary N) is 1. The van der Waals surface area contributed by atoms with Crippen molar-refractivity contribution in [3.8, 4) is 11.5 Å². The quantitative estimate of drug-likeness (QED) is 0.629. The van der Waals surface area contributed by atoms with Crippen molar-refractivity contribution in [1.29, 1.82) is 0 Å². The maximum absolute atomic E-state index is 12.1. The Kier molecular flexibility index (Phi) is 6.00. The van der Waals surface area contributed by atoms with Crippen LogP contribution in [-0.2, 0) is 4.79 Å². The minimum Gasteiger partial charge on any atom is -0.507 e. The van der Waals surface area contributed by atoms with Crippen LogP contribution in [0.4, 0.5) is 0 Å². The van der Waals surface area contributed by atoms with Crippen molar-refractivity contribution in [1.82, 2.24) is 5.43 Å². The molecule has 1 atom stereocenters. The first kappa shape index (κ1) is 16.8. The number of benzene rings is 2. The Balaban J connectivity index is 1.95. The molecule has 2 aromatic rings. The van der Waals surface area contributed by atoms with Crippen LogP contribution < -0.4 is 10.2 Å². The minimum atomic E-state index is -0.669. The van der Waals surface area contributed by atoms with Crippen LogP contribution in [0.15, 0.2) is 53.6 Å².